The number of rotatable bonds is 2. The number of nitrogens with one attached hydrogen (secondary N) is 1. The van der Waals surface area contributed by atoms with E-state index in [1.807, 2.05) is 6.92 Å². The molecule has 0 amide bonds. The van der Waals surface area contributed by atoms with E-state index < -0.39 is 0 Å². The lowest BCUT2D eigenvalue weighted by atomic mass is 10.3. The van der Waals surface area contributed by atoms with Crippen LogP contribution < -0.4 is 5.32 Å². The first-order valence-corrected chi connectivity index (χ1v) is 4.43. The summed E-state index contributed by atoms with van der Waals surface area (Å²) in [6.07, 6.45) is 6.70. The number of halogens is 2. The summed E-state index contributed by atoms with van der Waals surface area (Å²) in [4.78, 5) is 4.00. The summed E-state index contributed by atoms with van der Waals surface area (Å²) in [6, 6.07) is 1.51. The predicted molar refractivity (Wildman–Crippen MR) is 56.2 cm³/mol. The van der Waals surface area contributed by atoms with Crippen molar-refractivity contribution in [3.05, 3.63) is 22.3 Å². The minimum absolute atomic E-state index is 0.105. The molecule has 68 valence electrons. The zero-order valence-electron chi connectivity index (χ0n) is 7.01. The lowest BCUT2D eigenvalue weighted by molar-refractivity contribution is 1.01. The summed E-state index contributed by atoms with van der Waals surface area (Å²) in [5, 5.41) is 3.92. The molecule has 0 saturated heterocycles. The van der Waals surface area contributed by atoms with E-state index in [4.69, 9.17) is 29.6 Å². The Morgan fingerprint density at radius 2 is 2.31 bits per heavy atom. The van der Waals surface area contributed by atoms with Crippen molar-refractivity contribution in [2.75, 3.05) is 5.32 Å². The Bertz CT molecular complexity index is 344. The van der Waals surface area contributed by atoms with Crippen LogP contribution in [0.5, 0.6) is 0 Å². The van der Waals surface area contributed by atoms with Gasteiger partial charge in [-0.25, -0.2) is 4.98 Å². The SMILES string of the molecule is C#CC(C)Nc1ncc(Cl)cc1Cl. The van der Waals surface area contributed by atoms with Gasteiger partial charge in [-0.15, -0.1) is 6.42 Å². The van der Waals surface area contributed by atoms with E-state index in [0.29, 0.717) is 15.9 Å². The van der Waals surface area contributed by atoms with Gasteiger partial charge < -0.3 is 5.32 Å². The van der Waals surface area contributed by atoms with Gasteiger partial charge in [0.25, 0.3) is 0 Å². The molecule has 1 heterocycles. The summed E-state index contributed by atoms with van der Waals surface area (Å²) in [5.41, 5.74) is 0. The number of terminal acetylenes is 1. The molecule has 0 bridgehead atoms. The molecule has 0 aromatic carbocycles. The van der Waals surface area contributed by atoms with Crippen LogP contribution in [0.3, 0.4) is 0 Å². The molecule has 1 rings (SSSR count). The third-order valence-electron chi connectivity index (χ3n) is 1.41. The number of hydrogen-bond acceptors (Lipinski definition) is 2. The van der Waals surface area contributed by atoms with Crippen molar-refractivity contribution < 1.29 is 0 Å². The van der Waals surface area contributed by atoms with Crippen LogP contribution in [0.25, 0.3) is 0 Å². The van der Waals surface area contributed by atoms with Crippen LogP contribution in [0.4, 0.5) is 5.82 Å². The molecule has 0 spiro atoms. The molecule has 0 saturated carbocycles. The third kappa shape index (κ3) is 2.80. The van der Waals surface area contributed by atoms with Gasteiger partial charge in [0, 0.05) is 6.20 Å². The monoisotopic (exact) mass is 214 g/mol. The molecule has 1 aromatic rings. The highest BCUT2D eigenvalue weighted by molar-refractivity contribution is 6.35. The van der Waals surface area contributed by atoms with Crippen LogP contribution in [0, 0.1) is 12.3 Å². The topological polar surface area (TPSA) is 24.9 Å². The zero-order chi connectivity index (χ0) is 9.84. The van der Waals surface area contributed by atoms with Gasteiger partial charge in [0.15, 0.2) is 0 Å². The van der Waals surface area contributed by atoms with Gasteiger partial charge in [-0.05, 0) is 13.0 Å². The Morgan fingerprint density at radius 1 is 1.62 bits per heavy atom. The van der Waals surface area contributed by atoms with Crippen LogP contribution in [0.2, 0.25) is 10.0 Å². The maximum Gasteiger partial charge on any atom is 0.145 e. The Kier molecular flexibility index (Phi) is 3.41. The van der Waals surface area contributed by atoms with Crippen LogP contribution in [0.1, 0.15) is 6.92 Å². The summed E-state index contributed by atoms with van der Waals surface area (Å²) < 4.78 is 0. The van der Waals surface area contributed by atoms with Gasteiger partial charge in [-0.3, -0.25) is 0 Å². The number of pyridine rings is 1. The molecule has 1 atom stereocenters. The van der Waals surface area contributed by atoms with E-state index in [1.165, 1.54) is 6.20 Å². The standard InChI is InChI=1S/C9H8Cl2N2/c1-3-6(2)13-9-8(11)4-7(10)5-12-9/h1,4-6H,2H3,(H,12,13). The van der Waals surface area contributed by atoms with Crippen LogP contribution >= 0.6 is 23.2 Å². The molecule has 1 N–H and O–H groups in total. The normalized spacial score (nSPS) is 11.8. The molecule has 0 radical (unpaired) electrons. The fraction of sp³-hybridized carbons (Fsp3) is 0.222. The Labute approximate surface area is 87.3 Å². The van der Waals surface area contributed by atoms with E-state index >= 15 is 0 Å². The Morgan fingerprint density at radius 3 is 2.85 bits per heavy atom. The molecule has 0 fully saturated rings. The van der Waals surface area contributed by atoms with Crippen LogP contribution in [-0.2, 0) is 0 Å². The highest BCUT2D eigenvalue weighted by Gasteiger charge is 2.04. The van der Waals surface area contributed by atoms with Crippen LogP contribution in [0.15, 0.2) is 12.3 Å². The summed E-state index contributed by atoms with van der Waals surface area (Å²) in [5.74, 6) is 3.06. The third-order valence-corrected chi connectivity index (χ3v) is 1.91. The molecule has 1 unspecified atom stereocenters. The van der Waals surface area contributed by atoms with Gasteiger partial charge in [0.1, 0.15) is 5.82 Å². The molecule has 0 aliphatic rings. The summed E-state index contributed by atoms with van der Waals surface area (Å²) >= 11 is 11.5. The van der Waals surface area contributed by atoms with Gasteiger partial charge >= 0.3 is 0 Å². The molecule has 4 heteroatoms. The summed E-state index contributed by atoms with van der Waals surface area (Å²) in [6.45, 7) is 1.84. The van der Waals surface area contributed by atoms with E-state index in [-0.39, 0.29) is 6.04 Å². The van der Waals surface area contributed by atoms with E-state index in [2.05, 4.69) is 16.2 Å². The van der Waals surface area contributed by atoms with Crippen molar-refractivity contribution in [1.29, 1.82) is 0 Å². The average molecular weight is 215 g/mol. The smallest absolute Gasteiger partial charge is 0.145 e. The zero-order valence-corrected chi connectivity index (χ0v) is 8.52. The number of nitrogens with zero attached hydrogens (tertiary/aromatic N) is 1. The first kappa shape index (κ1) is 10.2. The van der Waals surface area contributed by atoms with E-state index in [9.17, 15) is 0 Å². The molecule has 13 heavy (non-hydrogen) atoms. The molecular weight excluding hydrogens is 207 g/mol. The fourth-order valence-electron chi connectivity index (χ4n) is 0.768. The quantitative estimate of drug-likeness (QED) is 0.767. The molecule has 0 aliphatic carbocycles. The lowest BCUT2D eigenvalue weighted by Crippen LogP contribution is -2.13. The highest BCUT2D eigenvalue weighted by Crippen LogP contribution is 2.22. The first-order chi connectivity index (χ1) is 6.13. The summed E-state index contributed by atoms with van der Waals surface area (Å²) in [7, 11) is 0. The second-order valence-electron chi connectivity index (χ2n) is 2.52. The maximum atomic E-state index is 5.85. The van der Waals surface area contributed by atoms with Crippen LogP contribution in [-0.4, -0.2) is 11.0 Å². The largest absolute Gasteiger partial charge is 0.355 e. The number of aromatic nitrogens is 1. The molecular formula is C9H8Cl2N2. The minimum atomic E-state index is -0.105. The average Bonchev–Trinajstić information content (AvgIpc) is 2.09. The van der Waals surface area contributed by atoms with Crippen molar-refractivity contribution in [2.45, 2.75) is 13.0 Å². The van der Waals surface area contributed by atoms with Gasteiger partial charge in [-0.2, -0.15) is 0 Å². The van der Waals surface area contributed by atoms with Gasteiger partial charge in [0.2, 0.25) is 0 Å². The number of anilines is 1. The van der Waals surface area contributed by atoms with Crippen molar-refractivity contribution in [1.82, 2.24) is 4.98 Å². The molecule has 2 nitrogen and oxygen atoms in total. The van der Waals surface area contributed by atoms with Crippen molar-refractivity contribution >= 4 is 29.0 Å². The minimum Gasteiger partial charge on any atom is -0.355 e. The van der Waals surface area contributed by atoms with Crippen molar-refractivity contribution in [3.63, 3.8) is 0 Å². The predicted octanol–water partition coefficient (Wildman–Crippen LogP) is 2.82. The fourth-order valence-corrected chi connectivity index (χ4v) is 1.20. The van der Waals surface area contributed by atoms with Gasteiger partial charge in [-0.1, -0.05) is 29.1 Å². The number of hydrogen-bond donors (Lipinski definition) is 1. The van der Waals surface area contributed by atoms with E-state index in [1.54, 1.807) is 6.07 Å². The second kappa shape index (κ2) is 4.36. The molecule has 1 aromatic heterocycles. The molecule has 0 aliphatic heterocycles. The van der Waals surface area contributed by atoms with Crippen molar-refractivity contribution in [2.24, 2.45) is 0 Å². The lowest BCUT2D eigenvalue weighted by Gasteiger charge is -2.09. The van der Waals surface area contributed by atoms with Crippen molar-refractivity contribution in [3.8, 4) is 12.3 Å². The Hall–Kier alpha value is -0.910. The van der Waals surface area contributed by atoms with Gasteiger partial charge in [0.05, 0.1) is 16.1 Å². The van der Waals surface area contributed by atoms with E-state index in [0.717, 1.165) is 0 Å². The highest BCUT2D eigenvalue weighted by atomic mass is 35.5. The second-order valence-corrected chi connectivity index (χ2v) is 3.36. The first-order valence-electron chi connectivity index (χ1n) is 3.67. The Balaban J connectivity index is 2.85. The maximum absolute atomic E-state index is 5.85.